The molecule has 0 radical (unpaired) electrons. The summed E-state index contributed by atoms with van der Waals surface area (Å²) in [6.07, 6.45) is 1.92. The quantitative estimate of drug-likeness (QED) is 0.320. The van der Waals surface area contributed by atoms with Crippen LogP contribution in [-0.2, 0) is 9.84 Å². The number of hydrogen-bond acceptors (Lipinski definition) is 4. The predicted octanol–water partition coefficient (Wildman–Crippen LogP) is 3.47. The Bertz CT molecular complexity index is 816. The number of halogens is 1. The van der Waals surface area contributed by atoms with E-state index in [4.69, 9.17) is 4.99 Å². The maximum atomic E-state index is 11.5. The van der Waals surface area contributed by atoms with E-state index in [1.54, 1.807) is 0 Å². The van der Waals surface area contributed by atoms with Crippen LogP contribution in [0.4, 0.5) is 5.69 Å². The van der Waals surface area contributed by atoms with E-state index in [2.05, 4.69) is 67.9 Å². The number of nitrogens with zero attached hydrogens (tertiary/aromatic N) is 3. The van der Waals surface area contributed by atoms with Gasteiger partial charge in [0.2, 0.25) is 0 Å². The van der Waals surface area contributed by atoms with Crippen molar-refractivity contribution in [2.45, 2.75) is 41.0 Å². The summed E-state index contributed by atoms with van der Waals surface area (Å²) < 4.78 is 23.0. The van der Waals surface area contributed by atoms with Crippen LogP contribution >= 0.6 is 24.0 Å². The van der Waals surface area contributed by atoms with Gasteiger partial charge in [0.25, 0.3) is 0 Å². The average Bonchev–Trinajstić information content (AvgIpc) is 2.66. The highest BCUT2D eigenvalue weighted by Crippen LogP contribution is 2.24. The molecular formula is C22H39IN4O2S. The van der Waals surface area contributed by atoms with Gasteiger partial charge in [0.05, 0.1) is 5.75 Å². The van der Waals surface area contributed by atoms with Crippen molar-refractivity contribution in [1.82, 2.24) is 10.2 Å². The highest BCUT2D eigenvalue weighted by Gasteiger charge is 2.23. The smallest absolute Gasteiger partial charge is 0.194 e. The van der Waals surface area contributed by atoms with Gasteiger partial charge in [-0.05, 0) is 49.8 Å². The van der Waals surface area contributed by atoms with Crippen molar-refractivity contribution in [1.29, 1.82) is 0 Å². The second kappa shape index (κ2) is 11.5. The summed E-state index contributed by atoms with van der Waals surface area (Å²) in [6.45, 7) is 15.8. The summed E-state index contributed by atoms with van der Waals surface area (Å²) in [5, 5.41) is 3.41. The molecule has 2 rings (SSSR count). The van der Waals surface area contributed by atoms with Crippen LogP contribution in [0, 0.1) is 19.3 Å². The lowest BCUT2D eigenvalue weighted by Crippen LogP contribution is -2.53. The molecule has 1 heterocycles. The van der Waals surface area contributed by atoms with Crippen LogP contribution in [0.1, 0.15) is 38.3 Å². The molecule has 1 aromatic rings. The first-order valence-corrected chi connectivity index (χ1v) is 12.6. The summed E-state index contributed by atoms with van der Waals surface area (Å²) in [5.74, 6) is 1.14. The van der Waals surface area contributed by atoms with Crippen molar-refractivity contribution >= 4 is 45.5 Å². The Kier molecular flexibility index (Phi) is 10.4. The van der Waals surface area contributed by atoms with Crippen LogP contribution < -0.4 is 10.2 Å². The maximum Gasteiger partial charge on any atom is 0.194 e. The van der Waals surface area contributed by atoms with E-state index < -0.39 is 9.84 Å². The summed E-state index contributed by atoms with van der Waals surface area (Å²) in [7, 11) is -2.95. The Hall–Kier alpha value is -1.03. The average molecular weight is 551 g/mol. The maximum absolute atomic E-state index is 11.5. The third kappa shape index (κ3) is 8.24. The number of piperazine rings is 1. The first-order valence-electron chi connectivity index (χ1n) is 10.5. The van der Waals surface area contributed by atoms with Gasteiger partial charge in [-0.2, -0.15) is 0 Å². The lowest BCUT2D eigenvalue weighted by atomic mass is 9.90. The molecule has 0 saturated carbocycles. The molecule has 0 bridgehead atoms. The van der Waals surface area contributed by atoms with Gasteiger partial charge in [-0.15, -0.1) is 24.0 Å². The minimum Gasteiger partial charge on any atom is -0.368 e. The molecule has 0 aliphatic carbocycles. The largest absolute Gasteiger partial charge is 0.368 e. The van der Waals surface area contributed by atoms with Crippen LogP contribution in [0.3, 0.4) is 0 Å². The molecular weight excluding hydrogens is 511 g/mol. The SMILES string of the molecule is CCNC(=NCC(C)(C)CCS(C)(=O)=O)N1CCN(c2cccc(C)c2C)CC1.I. The molecule has 1 aliphatic heterocycles. The molecule has 1 N–H and O–H groups in total. The van der Waals surface area contributed by atoms with Crippen LogP contribution in [-0.4, -0.2) is 70.6 Å². The van der Waals surface area contributed by atoms with Gasteiger partial charge >= 0.3 is 0 Å². The fourth-order valence-corrected chi connectivity index (χ4v) is 4.42. The van der Waals surface area contributed by atoms with Crippen molar-refractivity contribution in [3.8, 4) is 0 Å². The number of anilines is 1. The molecule has 8 heteroatoms. The zero-order valence-corrected chi connectivity index (χ0v) is 22.5. The monoisotopic (exact) mass is 550 g/mol. The fraction of sp³-hybridized carbons (Fsp3) is 0.682. The van der Waals surface area contributed by atoms with E-state index in [0.717, 1.165) is 38.7 Å². The minimum atomic E-state index is -2.95. The zero-order valence-electron chi connectivity index (χ0n) is 19.4. The number of hydrogen-bond donors (Lipinski definition) is 1. The number of aliphatic imine (C=N–C) groups is 1. The fourth-order valence-electron chi connectivity index (χ4n) is 3.49. The second-order valence-electron chi connectivity index (χ2n) is 8.91. The predicted molar refractivity (Wildman–Crippen MR) is 139 cm³/mol. The summed E-state index contributed by atoms with van der Waals surface area (Å²) in [5.41, 5.74) is 3.86. The van der Waals surface area contributed by atoms with Crippen LogP contribution in [0.15, 0.2) is 23.2 Å². The normalized spacial score (nSPS) is 15.7. The number of nitrogens with one attached hydrogen (secondary N) is 1. The molecule has 172 valence electrons. The molecule has 6 nitrogen and oxygen atoms in total. The van der Waals surface area contributed by atoms with E-state index >= 15 is 0 Å². The molecule has 0 aromatic heterocycles. The van der Waals surface area contributed by atoms with E-state index in [-0.39, 0.29) is 35.1 Å². The number of aryl methyl sites for hydroxylation is 1. The zero-order chi connectivity index (χ0) is 21.7. The van der Waals surface area contributed by atoms with Crippen LogP contribution in [0.25, 0.3) is 0 Å². The molecule has 0 unspecified atom stereocenters. The molecule has 0 spiro atoms. The molecule has 1 aromatic carbocycles. The van der Waals surface area contributed by atoms with E-state index in [0.29, 0.717) is 13.0 Å². The van der Waals surface area contributed by atoms with Gasteiger partial charge in [-0.3, -0.25) is 4.99 Å². The second-order valence-corrected chi connectivity index (χ2v) is 11.2. The van der Waals surface area contributed by atoms with Gasteiger partial charge in [0, 0.05) is 51.2 Å². The third-order valence-electron chi connectivity index (χ3n) is 5.64. The standard InChI is InChI=1S/C22H38N4O2S.HI/c1-7-23-21(24-17-22(4,5)11-16-29(6,27)28)26-14-12-25(13-15-26)20-10-8-9-18(2)19(20)3;/h8-10H,7,11-17H2,1-6H3,(H,23,24);1H. The summed E-state index contributed by atoms with van der Waals surface area (Å²) in [6, 6.07) is 6.51. The van der Waals surface area contributed by atoms with Gasteiger partial charge in [-0.1, -0.05) is 26.0 Å². The van der Waals surface area contributed by atoms with Crippen LogP contribution in [0.5, 0.6) is 0 Å². The Balaban J connectivity index is 0.00000450. The first-order chi connectivity index (χ1) is 13.5. The first kappa shape index (κ1) is 27.0. The molecule has 0 amide bonds. The van der Waals surface area contributed by atoms with Gasteiger partial charge in [0.15, 0.2) is 5.96 Å². The summed E-state index contributed by atoms with van der Waals surface area (Å²) in [4.78, 5) is 9.63. The summed E-state index contributed by atoms with van der Waals surface area (Å²) >= 11 is 0. The topological polar surface area (TPSA) is 65.0 Å². The lowest BCUT2D eigenvalue weighted by molar-refractivity contribution is 0.348. The highest BCUT2D eigenvalue weighted by molar-refractivity contribution is 14.0. The van der Waals surface area contributed by atoms with Gasteiger partial charge in [-0.25, -0.2) is 8.42 Å². The van der Waals surface area contributed by atoms with Crippen molar-refractivity contribution in [2.75, 3.05) is 56.2 Å². The Morgan fingerprint density at radius 2 is 1.80 bits per heavy atom. The minimum absolute atomic E-state index is 0. The molecule has 30 heavy (non-hydrogen) atoms. The molecule has 0 atom stereocenters. The van der Waals surface area contributed by atoms with E-state index in [1.165, 1.54) is 23.1 Å². The number of rotatable bonds is 7. The third-order valence-corrected chi connectivity index (χ3v) is 6.58. The number of guanidine groups is 1. The van der Waals surface area contributed by atoms with Gasteiger partial charge < -0.3 is 15.1 Å². The van der Waals surface area contributed by atoms with Crippen LogP contribution in [0.2, 0.25) is 0 Å². The lowest BCUT2D eigenvalue weighted by Gasteiger charge is -2.38. The molecule has 1 fully saturated rings. The number of benzene rings is 1. The van der Waals surface area contributed by atoms with Crippen molar-refractivity contribution in [2.24, 2.45) is 10.4 Å². The molecule has 1 saturated heterocycles. The highest BCUT2D eigenvalue weighted by atomic mass is 127. The number of sulfone groups is 1. The van der Waals surface area contributed by atoms with Crippen molar-refractivity contribution in [3.05, 3.63) is 29.3 Å². The van der Waals surface area contributed by atoms with Gasteiger partial charge in [0.1, 0.15) is 9.84 Å². The van der Waals surface area contributed by atoms with Crippen molar-refractivity contribution in [3.63, 3.8) is 0 Å². The Morgan fingerprint density at radius 3 is 2.37 bits per heavy atom. The van der Waals surface area contributed by atoms with E-state index in [1.807, 2.05) is 0 Å². The Morgan fingerprint density at radius 1 is 1.17 bits per heavy atom. The van der Waals surface area contributed by atoms with Crippen molar-refractivity contribution < 1.29 is 8.42 Å². The molecule has 1 aliphatic rings. The Labute approximate surface area is 200 Å². The van der Waals surface area contributed by atoms with E-state index in [9.17, 15) is 8.42 Å².